The number of aryl methyl sites for hydroxylation is 2. The number of carbonyl (C=O) groups excluding carboxylic acids is 1. The average Bonchev–Trinajstić information content (AvgIpc) is 3.07. The number of benzene rings is 2. The highest BCUT2D eigenvalue weighted by Crippen LogP contribution is 2.31. The van der Waals surface area contributed by atoms with E-state index in [2.05, 4.69) is 37.4 Å². The Balaban J connectivity index is 1.64. The summed E-state index contributed by atoms with van der Waals surface area (Å²) in [6.07, 6.45) is 1.48. The zero-order valence-electron chi connectivity index (χ0n) is 13.5. The largest absolute Gasteiger partial charge is 0.368 e. The van der Waals surface area contributed by atoms with Crippen molar-refractivity contribution in [3.8, 4) is 0 Å². The molecular weight excluding hydrogens is 306 g/mol. The van der Waals surface area contributed by atoms with Gasteiger partial charge in [0.15, 0.2) is 0 Å². The maximum Gasteiger partial charge on any atom is 0.253 e. The summed E-state index contributed by atoms with van der Waals surface area (Å²) in [5, 5.41) is 2.92. The highest BCUT2D eigenvalue weighted by Gasteiger charge is 2.23. The van der Waals surface area contributed by atoms with Crippen LogP contribution >= 0.6 is 11.8 Å². The first kappa shape index (κ1) is 16.1. The van der Waals surface area contributed by atoms with Gasteiger partial charge in [-0.3, -0.25) is 4.79 Å². The van der Waals surface area contributed by atoms with E-state index in [0.29, 0.717) is 6.61 Å². The fourth-order valence-corrected chi connectivity index (χ4v) is 3.56. The van der Waals surface area contributed by atoms with Crippen LogP contribution in [0.1, 0.15) is 24.0 Å². The average molecular weight is 327 g/mol. The van der Waals surface area contributed by atoms with Gasteiger partial charge in [0.2, 0.25) is 0 Å². The molecule has 4 heteroatoms. The Bertz CT molecular complexity index is 691. The standard InChI is InChI=1S/C19H21NO2S/c1-13-5-6-14(2)18(12-13)23-16-9-7-15(8-10-16)20-19(21)17-4-3-11-22-17/h5-10,12,17H,3-4,11H2,1-2H3,(H,20,21)/t17-/m0/s1. The Morgan fingerprint density at radius 2 is 1.96 bits per heavy atom. The summed E-state index contributed by atoms with van der Waals surface area (Å²) in [7, 11) is 0. The van der Waals surface area contributed by atoms with E-state index in [1.807, 2.05) is 24.3 Å². The molecule has 0 spiro atoms. The summed E-state index contributed by atoms with van der Waals surface area (Å²) in [6, 6.07) is 14.4. The Morgan fingerprint density at radius 3 is 2.65 bits per heavy atom. The molecule has 3 nitrogen and oxygen atoms in total. The van der Waals surface area contributed by atoms with E-state index >= 15 is 0 Å². The van der Waals surface area contributed by atoms with E-state index in [1.165, 1.54) is 16.0 Å². The third-order valence-electron chi connectivity index (χ3n) is 3.92. The van der Waals surface area contributed by atoms with Crippen LogP contribution in [0.3, 0.4) is 0 Å². The van der Waals surface area contributed by atoms with Crippen molar-refractivity contribution in [1.82, 2.24) is 0 Å². The molecule has 23 heavy (non-hydrogen) atoms. The quantitative estimate of drug-likeness (QED) is 0.894. The number of hydrogen-bond acceptors (Lipinski definition) is 3. The minimum Gasteiger partial charge on any atom is -0.368 e. The topological polar surface area (TPSA) is 38.3 Å². The molecule has 0 bridgehead atoms. The number of rotatable bonds is 4. The van der Waals surface area contributed by atoms with Crippen molar-refractivity contribution in [2.24, 2.45) is 0 Å². The van der Waals surface area contributed by atoms with E-state index in [4.69, 9.17) is 4.74 Å². The third-order valence-corrected chi connectivity index (χ3v) is 5.08. The normalized spacial score (nSPS) is 17.2. The van der Waals surface area contributed by atoms with E-state index < -0.39 is 0 Å². The molecule has 1 amide bonds. The molecule has 0 unspecified atom stereocenters. The molecule has 0 aliphatic carbocycles. The van der Waals surface area contributed by atoms with Crippen LogP contribution in [-0.4, -0.2) is 18.6 Å². The van der Waals surface area contributed by atoms with Crippen molar-refractivity contribution in [3.63, 3.8) is 0 Å². The van der Waals surface area contributed by atoms with Crippen LogP contribution in [0.5, 0.6) is 0 Å². The Morgan fingerprint density at radius 1 is 1.17 bits per heavy atom. The predicted octanol–water partition coefficient (Wildman–Crippen LogP) is 4.57. The van der Waals surface area contributed by atoms with Crippen molar-refractivity contribution in [1.29, 1.82) is 0 Å². The number of nitrogens with one attached hydrogen (secondary N) is 1. The molecular formula is C19H21NO2S. The summed E-state index contributed by atoms with van der Waals surface area (Å²) in [5.41, 5.74) is 3.35. The first-order valence-electron chi connectivity index (χ1n) is 7.89. The predicted molar refractivity (Wildman–Crippen MR) is 94.1 cm³/mol. The molecule has 1 aliphatic rings. The lowest BCUT2D eigenvalue weighted by atomic mass is 10.2. The van der Waals surface area contributed by atoms with Crippen LogP contribution in [0.2, 0.25) is 0 Å². The molecule has 1 saturated heterocycles. The van der Waals surface area contributed by atoms with Crippen LogP contribution in [0, 0.1) is 13.8 Å². The molecule has 120 valence electrons. The lowest BCUT2D eigenvalue weighted by molar-refractivity contribution is -0.124. The zero-order valence-corrected chi connectivity index (χ0v) is 14.3. The van der Waals surface area contributed by atoms with Gasteiger partial charge >= 0.3 is 0 Å². The van der Waals surface area contributed by atoms with Gasteiger partial charge in [0, 0.05) is 22.1 Å². The van der Waals surface area contributed by atoms with Crippen LogP contribution in [0.15, 0.2) is 52.3 Å². The summed E-state index contributed by atoms with van der Waals surface area (Å²) in [5.74, 6) is -0.0440. The SMILES string of the molecule is Cc1ccc(C)c(Sc2ccc(NC(=O)[C@@H]3CCCO3)cc2)c1. The van der Waals surface area contributed by atoms with Gasteiger partial charge in [0.25, 0.3) is 5.91 Å². The third kappa shape index (κ3) is 4.15. The number of hydrogen-bond donors (Lipinski definition) is 1. The molecule has 3 rings (SSSR count). The van der Waals surface area contributed by atoms with E-state index in [9.17, 15) is 4.79 Å². The maximum absolute atomic E-state index is 12.0. The van der Waals surface area contributed by atoms with Crippen LogP contribution in [0.4, 0.5) is 5.69 Å². The van der Waals surface area contributed by atoms with Crippen molar-refractivity contribution in [3.05, 3.63) is 53.6 Å². The van der Waals surface area contributed by atoms with E-state index in [-0.39, 0.29) is 12.0 Å². The lowest BCUT2D eigenvalue weighted by Gasteiger charge is -2.11. The first-order chi connectivity index (χ1) is 11.1. The van der Waals surface area contributed by atoms with Gasteiger partial charge in [-0.1, -0.05) is 23.9 Å². The molecule has 1 atom stereocenters. The molecule has 1 fully saturated rings. The number of anilines is 1. The molecule has 2 aromatic rings. The van der Waals surface area contributed by atoms with Crippen molar-refractivity contribution in [2.45, 2.75) is 42.6 Å². The monoisotopic (exact) mass is 327 g/mol. The lowest BCUT2D eigenvalue weighted by Crippen LogP contribution is -2.26. The van der Waals surface area contributed by atoms with Gasteiger partial charge in [-0.15, -0.1) is 0 Å². The molecule has 1 aliphatic heterocycles. The first-order valence-corrected chi connectivity index (χ1v) is 8.71. The van der Waals surface area contributed by atoms with Gasteiger partial charge < -0.3 is 10.1 Å². The number of carbonyl (C=O) groups is 1. The van der Waals surface area contributed by atoms with E-state index in [1.54, 1.807) is 11.8 Å². The van der Waals surface area contributed by atoms with Crippen molar-refractivity contribution >= 4 is 23.4 Å². The number of ether oxygens (including phenoxy) is 1. The minimum absolute atomic E-state index is 0.0440. The van der Waals surface area contributed by atoms with Gasteiger partial charge in [-0.25, -0.2) is 0 Å². The fourth-order valence-electron chi connectivity index (χ4n) is 2.56. The summed E-state index contributed by atoms with van der Waals surface area (Å²) >= 11 is 1.74. The van der Waals surface area contributed by atoms with Gasteiger partial charge in [-0.05, 0) is 68.1 Å². The Labute approximate surface area is 141 Å². The maximum atomic E-state index is 12.0. The molecule has 0 radical (unpaired) electrons. The Hall–Kier alpha value is -1.78. The van der Waals surface area contributed by atoms with Crippen LogP contribution in [-0.2, 0) is 9.53 Å². The van der Waals surface area contributed by atoms with Gasteiger partial charge in [0.1, 0.15) is 6.10 Å². The summed E-state index contributed by atoms with van der Waals surface area (Å²) in [4.78, 5) is 14.5. The van der Waals surface area contributed by atoms with E-state index in [0.717, 1.165) is 23.4 Å². The second-order valence-electron chi connectivity index (χ2n) is 5.89. The fraction of sp³-hybridized carbons (Fsp3) is 0.316. The Kier molecular flexibility index (Phi) is 5.03. The summed E-state index contributed by atoms with van der Waals surface area (Å²) < 4.78 is 5.40. The second kappa shape index (κ2) is 7.20. The molecule has 2 aromatic carbocycles. The smallest absolute Gasteiger partial charge is 0.253 e. The highest BCUT2D eigenvalue weighted by molar-refractivity contribution is 7.99. The second-order valence-corrected chi connectivity index (χ2v) is 7.00. The highest BCUT2D eigenvalue weighted by atomic mass is 32.2. The van der Waals surface area contributed by atoms with Crippen molar-refractivity contribution in [2.75, 3.05) is 11.9 Å². The molecule has 0 saturated carbocycles. The van der Waals surface area contributed by atoms with Crippen molar-refractivity contribution < 1.29 is 9.53 Å². The number of amides is 1. The zero-order chi connectivity index (χ0) is 16.2. The van der Waals surface area contributed by atoms with Gasteiger partial charge in [-0.2, -0.15) is 0 Å². The molecule has 0 aromatic heterocycles. The molecule has 1 heterocycles. The van der Waals surface area contributed by atoms with Crippen LogP contribution < -0.4 is 5.32 Å². The summed E-state index contributed by atoms with van der Waals surface area (Å²) in [6.45, 7) is 4.91. The van der Waals surface area contributed by atoms with Gasteiger partial charge in [0.05, 0.1) is 0 Å². The minimum atomic E-state index is -0.293. The van der Waals surface area contributed by atoms with Crippen LogP contribution in [0.25, 0.3) is 0 Å². The molecule has 1 N–H and O–H groups in total.